The molecule has 0 bridgehead atoms. The minimum atomic E-state index is -3.15. The fraction of sp³-hybridized carbons (Fsp3) is 1.00. The molecular formula is C11H23NO3S. The highest BCUT2D eigenvalue weighted by Gasteiger charge is 2.24. The van der Waals surface area contributed by atoms with Crippen molar-refractivity contribution in [2.24, 2.45) is 5.92 Å². The Kier molecular flexibility index (Phi) is 5.72. The summed E-state index contributed by atoms with van der Waals surface area (Å²) in [6.45, 7) is 2.44. The molecule has 1 fully saturated rings. The van der Waals surface area contributed by atoms with Gasteiger partial charge in [-0.25, -0.2) is 13.1 Å². The number of ether oxygens (including phenoxy) is 1. The molecule has 0 aromatic rings. The van der Waals surface area contributed by atoms with E-state index in [1.807, 2.05) is 0 Å². The summed E-state index contributed by atoms with van der Waals surface area (Å²) < 4.78 is 30.9. The van der Waals surface area contributed by atoms with Crippen LogP contribution in [0, 0.1) is 5.92 Å². The van der Waals surface area contributed by atoms with Crippen LogP contribution in [0.3, 0.4) is 0 Å². The Morgan fingerprint density at radius 3 is 2.75 bits per heavy atom. The fourth-order valence-electron chi connectivity index (χ4n) is 2.27. The van der Waals surface area contributed by atoms with Crippen LogP contribution in [-0.4, -0.2) is 33.9 Å². The Bertz CT molecular complexity index is 290. The predicted molar refractivity (Wildman–Crippen MR) is 64.8 cm³/mol. The molecule has 4 nitrogen and oxygen atoms in total. The van der Waals surface area contributed by atoms with Crippen molar-refractivity contribution in [2.45, 2.75) is 45.1 Å². The van der Waals surface area contributed by atoms with Gasteiger partial charge in [0.15, 0.2) is 0 Å². The van der Waals surface area contributed by atoms with Crippen LogP contribution in [0.25, 0.3) is 0 Å². The highest BCUT2D eigenvalue weighted by atomic mass is 32.2. The van der Waals surface area contributed by atoms with Gasteiger partial charge in [-0.2, -0.15) is 0 Å². The summed E-state index contributed by atoms with van der Waals surface area (Å²) in [4.78, 5) is 0. The molecule has 1 rings (SSSR count). The van der Waals surface area contributed by atoms with Crippen LogP contribution < -0.4 is 4.72 Å². The Morgan fingerprint density at radius 2 is 2.12 bits per heavy atom. The highest BCUT2D eigenvalue weighted by Crippen LogP contribution is 2.26. The molecule has 0 aromatic heterocycles. The molecule has 0 heterocycles. The summed E-state index contributed by atoms with van der Waals surface area (Å²) in [7, 11) is -1.63. The Balaban J connectivity index is 2.40. The van der Waals surface area contributed by atoms with Crippen molar-refractivity contribution in [3.63, 3.8) is 0 Å². The summed E-state index contributed by atoms with van der Waals surface area (Å²) in [5.41, 5.74) is 0. The summed E-state index contributed by atoms with van der Waals surface area (Å²) in [6.07, 6.45) is 5.49. The monoisotopic (exact) mass is 249 g/mol. The standard InChI is InChI=1S/C11H23NO3S/c1-3-10-5-4-6-11(9-10)12-16(13,14)8-7-15-2/h10-12H,3-9H2,1-2H3. The molecular weight excluding hydrogens is 226 g/mol. The number of sulfonamides is 1. The molecule has 0 saturated heterocycles. The van der Waals surface area contributed by atoms with Gasteiger partial charge < -0.3 is 4.74 Å². The second-order valence-electron chi connectivity index (χ2n) is 4.57. The van der Waals surface area contributed by atoms with Gasteiger partial charge in [0, 0.05) is 13.2 Å². The number of rotatable bonds is 6. The SMILES string of the molecule is CCC1CCCC(NS(=O)(=O)CCOC)C1. The smallest absolute Gasteiger partial charge is 0.214 e. The van der Waals surface area contributed by atoms with Gasteiger partial charge in [0.2, 0.25) is 10.0 Å². The van der Waals surface area contributed by atoms with Crippen molar-refractivity contribution in [3.8, 4) is 0 Å². The lowest BCUT2D eigenvalue weighted by atomic mass is 9.85. The molecule has 5 heteroatoms. The third kappa shape index (κ3) is 4.80. The van der Waals surface area contributed by atoms with Crippen LogP contribution in [0.1, 0.15) is 39.0 Å². The van der Waals surface area contributed by atoms with E-state index in [9.17, 15) is 8.42 Å². The number of hydrogen-bond acceptors (Lipinski definition) is 3. The number of nitrogens with one attached hydrogen (secondary N) is 1. The van der Waals surface area contributed by atoms with Gasteiger partial charge in [-0.05, 0) is 18.8 Å². The molecule has 1 saturated carbocycles. The van der Waals surface area contributed by atoms with Gasteiger partial charge in [-0.15, -0.1) is 0 Å². The first-order valence-electron chi connectivity index (χ1n) is 6.06. The molecule has 96 valence electrons. The minimum absolute atomic E-state index is 0.0663. The predicted octanol–water partition coefficient (Wildman–Crippen LogP) is 1.52. The first-order valence-corrected chi connectivity index (χ1v) is 7.71. The average Bonchev–Trinajstić information content (AvgIpc) is 2.26. The Hall–Kier alpha value is -0.130. The van der Waals surface area contributed by atoms with Crippen LogP contribution in [0.15, 0.2) is 0 Å². The maximum absolute atomic E-state index is 11.7. The minimum Gasteiger partial charge on any atom is -0.384 e. The summed E-state index contributed by atoms with van der Waals surface area (Å²) in [5, 5.41) is 0. The molecule has 0 spiro atoms. The van der Waals surface area contributed by atoms with Gasteiger partial charge >= 0.3 is 0 Å². The third-order valence-electron chi connectivity index (χ3n) is 3.26. The van der Waals surface area contributed by atoms with E-state index in [4.69, 9.17) is 4.74 Å². The fourth-order valence-corrected chi connectivity index (χ4v) is 3.50. The number of hydrogen-bond donors (Lipinski definition) is 1. The molecule has 0 amide bonds. The van der Waals surface area contributed by atoms with E-state index in [0.717, 1.165) is 25.7 Å². The summed E-state index contributed by atoms with van der Waals surface area (Å²) in [6, 6.07) is 0.139. The Labute approximate surface area is 98.8 Å². The maximum Gasteiger partial charge on any atom is 0.214 e. The lowest BCUT2D eigenvalue weighted by Gasteiger charge is -2.28. The second-order valence-corrected chi connectivity index (χ2v) is 6.44. The zero-order chi connectivity index (χ0) is 12.0. The van der Waals surface area contributed by atoms with E-state index in [2.05, 4.69) is 11.6 Å². The van der Waals surface area contributed by atoms with Crippen molar-refractivity contribution in [2.75, 3.05) is 19.5 Å². The van der Waals surface area contributed by atoms with Crippen molar-refractivity contribution in [1.29, 1.82) is 0 Å². The van der Waals surface area contributed by atoms with E-state index >= 15 is 0 Å². The molecule has 1 N–H and O–H groups in total. The second kappa shape index (κ2) is 6.57. The molecule has 16 heavy (non-hydrogen) atoms. The van der Waals surface area contributed by atoms with E-state index in [1.165, 1.54) is 13.5 Å². The van der Waals surface area contributed by atoms with Gasteiger partial charge in [-0.1, -0.05) is 26.2 Å². The van der Waals surface area contributed by atoms with Gasteiger partial charge in [-0.3, -0.25) is 0 Å². The zero-order valence-electron chi connectivity index (χ0n) is 10.2. The largest absolute Gasteiger partial charge is 0.384 e. The lowest BCUT2D eigenvalue weighted by molar-refractivity contribution is 0.216. The highest BCUT2D eigenvalue weighted by molar-refractivity contribution is 7.89. The van der Waals surface area contributed by atoms with E-state index in [1.54, 1.807) is 0 Å². The molecule has 2 atom stereocenters. The van der Waals surface area contributed by atoms with Gasteiger partial charge in [0.1, 0.15) is 0 Å². The van der Waals surface area contributed by atoms with Crippen molar-refractivity contribution in [3.05, 3.63) is 0 Å². The van der Waals surface area contributed by atoms with E-state index < -0.39 is 10.0 Å². The van der Waals surface area contributed by atoms with Gasteiger partial charge in [0.05, 0.1) is 12.4 Å². The van der Waals surface area contributed by atoms with Crippen LogP contribution in [0.2, 0.25) is 0 Å². The topological polar surface area (TPSA) is 55.4 Å². The normalized spacial score (nSPS) is 26.9. The van der Waals surface area contributed by atoms with Crippen LogP contribution >= 0.6 is 0 Å². The summed E-state index contributed by atoms with van der Waals surface area (Å²) >= 11 is 0. The van der Waals surface area contributed by atoms with Crippen LogP contribution in [0.4, 0.5) is 0 Å². The molecule has 0 aliphatic heterocycles. The first-order chi connectivity index (χ1) is 7.57. The quantitative estimate of drug-likeness (QED) is 0.776. The Morgan fingerprint density at radius 1 is 1.38 bits per heavy atom. The molecule has 0 radical (unpaired) electrons. The van der Waals surface area contributed by atoms with Crippen molar-refractivity contribution >= 4 is 10.0 Å². The van der Waals surface area contributed by atoms with Crippen LogP contribution in [0.5, 0.6) is 0 Å². The van der Waals surface area contributed by atoms with E-state index in [-0.39, 0.29) is 18.4 Å². The molecule has 0 aromatic carbocycles. The third-order valence-corrected chi connectivity index (χ3v) is 4.66. The van der Waals surface area contributed by atoms with Crippen LogP contribution in [-0.2, 0) is 14.8 Å². The van der Waals surface area contributed by atoms with Gasteiger partial charge in [0.25, 0.3) is 0 Å². The molecule has 1 aliphatic carbocycles. The first kappa shape index (κ1) is 13.9. The summed E-state index contributed by atoms with van der Waals surface area (Å²) in [5.74, 6) is 0.750. The van der Waals surface area contributed by atoms with E-state index in [0.29, 0.717) is 5.92 Å². The zero-order valence-corrected chi connectivity index (χ0v) is 11.1. The maximum atomic E-state index is 11.7. The molecule has 2 unspecified atom stereocenters. The average molecular weight is 249 g/mol. The lowest BCUT2D eigenvalue weighted by Crippen LogP contribution is -2.40. The molecule has 1 aliphatic rings. The van der Waals surface area contributed by atoms with Crippen molar-refractivity contribution < 1.29 is 13.2 Å². The van der Waals surface area contributed by atoms with Crippen molar-refractivity contribution in [1.82, 2.24) is 4.72 Å². The number of methoxy groups -OCH3 is 1.